The number of amides is 2. The Morgan fingerprint density at radius 2 is 1.52 bits per heavy atom. The molecule has 0 aliphatic carbocycles. The Kier molecular flexibility index (Phi) is 5.94. The molecule has 2 aliphatic rings. The van der Waals surface area contributed by atoms with Crippen molar-refractivity contribution >= 4 is 17.4 Å². The summed E-state index contributed by atoms with van der Waals surface area (Å²) in [5.74, 6) is -1.26. The molecule has 2 fully saturated rings. The van der Waals surface area contributed by atoms with Crippen LogP contribution in [0.4, 0.5) is 25.0 Å². The van der Waals surface area contributed by atoms with E-state index in [1.54, 1.807) is 9.80 Å². The zero-order chi connectivity index (χ0) is 20.2. The molecule has 0 radical (unpaired) electrons. The molecule has 2 heterocycles. The Hall–Kier alpha value is -2.67. The van der Waals surface area contributed by atoms with Crippen LogP contribution in [0.3, 0.4) is 0 Å². The first-order valence-corrected chi connectivity index (χ1v) is 10.2. The van der Waals surface area contributed by atoms with E-state index < -0.39 is 11.6 Å². The summed E-state index contributed by atoms with van der Waals surface area (Å²) in [5, 5.41) is 2.65. The number of benzene rings is 2. The van der Waals surface area contributed by atoms with Crippen molar-refractivity contribution < 1.29 is 13.6 Å². The highest BCUT2D eigenvalue weighted by atomic mass is 19.1. The molecule has 7 heteroatoms. The van der Waals surface area contributed by atoms with Gasteiger partial charge in [-0.2, -0.15) is 0 Å². The molecule has 2 aromatic carbocycles. The Balaban J connectivity index is 1.33. The molecule has 2 aromatic rings. The topological polar surface area (TPSA) is 38.8 Å². The average molecular weight is 400 g/mol. The summed E-state index contributed by atoms with van der Waals surface area (Å²) in [6.45, 7) is 4.85. The highest BCUT2D eigenvalue weighted by molar-refractivity contribution is 5.89. The number of carbonyl (C=O) groups excluding carboxylic acids is 1. The molecule has 0 spiro atoms. The summed E-state index contributed by atoms with van der Waals surface area (Å²) < 4.78 is 28.9. The first-order chi connectivity index (χ1) is 14.1. The summed E-state index contributed by atoms with van der Waals surface area (Å²) in [4.78, 5) is 18.2. The van der Waals surface area contributed by atoms with Crippen LogP contribution < -0.4 is 10.2 Å². The van der Waals surface area contributed by atoms with Gasteiger partial charge in [-0.3, -0.25) is 4.90 Å². The molecule has 0 saturated carbocycles. The lowest BCUT2D eigenvalue weighted by molar-refractivity contribution is 0.143. The van der Waals surface area contributed by atoms with E-state index in [0.29, 0.717) is 26.2 Å². The van der Waals surface area contributed by atoms with Crippen molar-refractivity contribution in [2.45, 2.75) is 19.4 Å². The van der Waals surface area contributed by atoms with Crippen molar-refractivity contribution in [1.29, 1.82) is 0 Å². The van der Waals surface area contributed by atoms with E-state index in [1.165, 1.54) is 17.7 Å². The van der Waals surface area contributed by atoms with Crippen molar-refractivity contribution in [3.63, 3.8) is 0 Å². The van der Waals surface area contributed by atoms with Crippen LogP contribution in [-0.4, -0.2) is 55.1 Å². The second-order valence-corrected chi connectivity index (χ2v) is 7.66. The molecule has 0 aromatic heterocycles. The summed E-state index contributed by atoms with van der Waals surface area (Å²) in [7, 11) is 0. The number of hydrogen-bond acceptors (Lipinski definition) is 3. The number of nitrogens with one attached hydrogen (secondary N) is 1. The minimum atomic E-state index is -0.630. The smallest absolute Gasteiger partial charge is 0.321 e. The van der Waals surface area contributed by atoms with Gasteiger partial charge in [-0.05, 0) is 30.5 Å². The first-order valence-electron chi connectivity index (χ1n) is 10.2. The third kappa shape index (κ3) is 4.67. The van der Waals surface area contributed by atoms with Gasteiger partial charge < -0.3 is 15.1 Å². The number of anilines is 2. The Labute approximate surface area is 169 Å². The fourth-order valence-corrected chi connectivity index (χ4v) is 4.03. The maximum Gasteiger partial charge on any atom is 0.321 e. The molecule has 154 valence electrons. The zero-order valence-electron chi connectivity index (χ0n) is 16.4. The minimum absolute atomic E-state index is 0.00928. The van der Waals surface area contributed by atoms with E-state index >= 15 is 0 Å². The molecule has 0 atom stereocenters. The van der Waals surface area contributed by atoms with E-state index in [-0.39, 0.29) is 17.4 Å². The molecule has 2 aliphatic heterocycles. The number of carbonyl (C=O) groups is 1. The maximum atomic E-state index is 14.5. The van der Waals surface area contributed by atoms with E-state index in [2.05, 4.69) is 22.3 Å². The van der Waals surface area contributed by atoms with Crippen LogP contribution >= 0.6 is 0 Å². The standard InChI is InChI=1S/C22H26F2N4O/c23-19-14-18(15-20(24)21(19)27-8-4-5-9-27)25-22(29)28-12-10-26(11-13-28)16-17-6-2-1-3-7-17/h1-3,6-7,14-15H,4-5,8-13,16H2,(H,25,29). The number of hydrogen-bond donors (Lipinski definition) is 1. The van der Waals surface area contributed by atoms with Gasteiger partial charge in [0.15, 0.2) is 11.6 Å². The van der Waals surface area contributed by atoms with Crippen molar-refractivity contribution in [1.82, 2.24) is 9.80 Å². The Morgan fingerprint density at radius 3 is 2.14 bits per heavy atom. The third-order valence-electron chi connectivity index (χ3n) is 5.60. The van der Waals surface area contributed by atoms with Crippen molar-refractivity contribution in [3.05, 3.63) is 59.7 Å². The fraction of sp³-hybridized carbons (Fsp3) is 0.409. The molecule has 2 amide bonds. The van der Waals surface area contributed by atoms with Gasteiger partial charge in [0, 0.05) is 51.5 Å². The highest BCUT2D eigenvalue weighted by Crippen LogP contribution is 2.29. The number of halogens is 2. The van der Waals surface area contributed by atoms with Crippen LogP contribution in [0, 0.1) is 11.6 Å². The summed E-state index contributed by atoms with van der Waals surface area (Å²) in [5.41, 5.74) is 1.41. The minimum Gasteiger partial charge on any atom is -0.367 e. The monoisotopic (exact) mass is 400 g/mol. The number of nitrogens with zero attached hydrogens (tertiary/aromatic N) is 3. The molecule has 0 bridgehead atoms. The molecule has 4 rings (SSSR count). The molecule has 0 unspecified atom stereocenters. The number of urea groups is 1. The normalized spacial score (nSPS) is 17.6. The predicted molar refractivity (Wildman–Crippen MR) is 110 cm³/mol. The van der Waals surface area contributed by atoms with Gasteiger partial charge in [0.05, 0.1) is 0 Å². The number of rotatable bonds is 4. The van der Waals surface area contributed by atoms with E-state index in [1.807, 2.05) is 18.2 Å². The van der Waals surface area contributed by atoms with Crippen LogP contribution in [0.2, 0.25) is 0 Å². The maximum absolute atomic E-state index is 14.5. The van der Waals surface area contributed by atoms with Crippen LogP contribution in [0.5, 0.6) is 0 Å². The van der Waals surface area contributed by atoms with Crippen LogP contribution in [0.25, 0.3) is 0 Å². The molecular formula is C22H26F2N4O. The van der Waals surface area contributed by atoms with Gasteiger partial charge >= 0.3 is 6.03 Å². The largest absolute Gasteiger partial charge is 0.367 e. The summed E-state index contributed by atoms with van der Waals surface area (Å²) in [6.07, 6.45) is 1.88. The van der Waals surface area contributed by atoms with Gasteiger partial charge in [0.1, 0.15) is 5.69 Å². The molecule has 2 saturated heterocycles. The number of piperazine rings is 1. The second-order valence-electron chi connectivity index (χ2n) is 7.66. The predicted octanol–water partition coefficient (Wildman–Crippen LogP) is 3.91. The van der Waals surface area contributed by atoms with Crippen molar-refractivity contribution in [2.75, 3.05) is 49.5 Å². The first kappa shape index (κ1) is 19.6. The van der Waals surface area contributed by atoms with Gasteiger partial charge in [0.2, 0.25) is 0 Å². The van der Waals surface area contributed by atoms with Crippen LogP contribution in [0.15, 0.2) is 42.5 Å². The Morgan fingerprint density at radius 1 is 0.897 bits per heavy atom. The lowest BCUT2D eigenvalue weighted by Gasteiger charge is -2.34. The van der Waals surface area contributed by atoms with Gasteiger partial charge in [-0.15, -0.1) is 0 Å². The van der Waals surface area contributed by atoms with Crippen LogP contribution in [0.1, 0.15) is 18.4 Å². The lowest BCUT2D eigenvalue weighted by Crippen LogP contribution is -2.49. The fourth-order valence-electron chi connectivity index (χ4n) is 4.03. The Bertz CT molecular complexity index is 824. The van der Waals surface area contributed by atoms with E-state index in [9.17, 15) is 13.6 Å². The van der Waals surface area contributed by atoms with Crippen molar-refractivity contribution in [2.24, 2.45) is 0 Å². The van der Waals surface area contributed by atoms with E-state index in [4.69, 9.17) is 0 Å². The quantitative estimate of drug-likeness (QED) is 0.846. The zero-order valence-corrected chi connectivity index (χ0v) is 16.4. The third-order valence-corrected chi connectivity index (χ3v) is 5.60. The summed E-state index contributed by atoms with van der Waals surface area (Å²) >= 11 is 0. The lowest BCUT2D eigenvalue weighted by atomic mass is 10.2. The van der Waals surface area contributed by atoms with Gasteiger partial charge in [-0.25, -0.2) is 13.6 Å². The second kappa shape index (κ2) is 8.78. The highest BCUT2D eigenvalue weighted by Gasteiger charge is 2.24. The molecule has 1 N–H and O–H groups in total. The average Bonchev–Trinajstić information content (AvgIpc) is 3.23. The molecular weight excluding hydrogens is 374 g/mol. The molecule has 29 heavy (non-hydrogen) atoms. The van der Waals surface area contributed by atoms with Crippen molar-refractivity contribution in [3.8, 4) is 0 Å². The summed E-state index contributed by atoms with van der Waals surface area (Å²) in [6, 6.07) is 12.3. The SMILES string of the molecule is O=C(Nc1cc(F)c(N2CCCC2)c(F)c1)N1CCN(Cc2ccccc2)CC1. The van der Waals surface area contributed by atoms with Crippen LogP contribution in [-0.2, 0) is 6.54 Å². The van der Waals surface area contributed by atoms with E-state index in [0.717, 1.165) is 32.5 Å². The molecule has 5 nitrogen and oxygen atoms in total. The van der Waals surface area contributed by atoms with Gasteiger partial charge in [0.25, 0.3) is 0 Å². The van der Waals surface area contributed by atoms with Gasteiger partial charge in [-0.1, -0.05) is 30.3 Å².